The molecule has 1 amide bonds. The van der Waals surface area contributed by atoms with E-state index < -0.39 is 11.2 Å². The Hall–Kier alpha value is -2.97. The number of halogens is 1. The Balaban J connectivity index is 1.82. The molecule has 2 aromatic heterocycles. The van der Waals surface area contributed by atoms with Gasteiger partial charge < -0.3 is 10.2 Å². The van der Waals surface area contributed by atoms with E-state index in [0.717, 1.165) is 5.56 Å². The number of carbonyl (C=O) groups is 1. The van der Waals surface area contributed by atoms with Gasteiger partial charge in [0.15, 0.2) is 0 Å². The topological polar surface area (TPSA) is 111 Å². The minimum atomic E-state index is -0.647. The normalized spacial score (nSPS) is 12.3. The number of nitrogens with one attached hydrogen (secondary N) is 3. The molecule has 2 heterocycles. The first-order valence-corrected chi connectivity index (χ1v) is 8.56. The quantitative estimate of drug-likeness (QED) is 0.611. The molecule has 27 heavy (non-hydrogen) atoms. The molecule has 9 heteroatoms. The molecular weight excluding hydrogens is 370 g/mol. The largest absolute Gasteiger partial charge is 0.350 e. The Morgan fingerprint density at radius 1 is 1.26 bits per heavy atom. The van der Waals surface area contributed by atoms with E-state index >= 15 is 0 Å². The maximum atomic E-state index is 12.5. The van der Waals surface area contributed by atoms with Gasteiger partial charge in [-0.25, -0.2) is 9.78 Å². The van der Waals surface area contributed by atoms with E-state index in [1.54, 1.807) is 6.07 Å². The number of pyridine rings is 1. The van der Waals surface area contributed by atoms with Crippen LogP contribution in [-0.2, 0) is 0 Å². The molecule has 0 aliphatic heterocycles. The molecule has 1 aromatic carbocycles. The van der Waals surface area contributed by atoms with Gasteiger partial charge in [-0.1, -0.05) is 29.8 Å². The monoisotopic (exact) mass is 387 g/mol. The summed E-state index contributed by atoms with van der Waals surface area (Å²) in [5.41, 5.74) is -0.00160. The summed E-state index contributed by atoms with van der Waals surface area (Å²) in [4.78, 5) is 46.2. The smallest absolute Gasteiger partial charge is 0.327 e. The summed E-state index contributed by atoms with van der Waals surface area (Å²) in [7, 11) is 3.79. The molecule has 0 aliphatic rings. The van der Waals surface area contributed by atoms with E-state index in [2.05, 4.69) is 20.3 Å². The second-order valence-electron chi connectivity index (χ2n) is 6.24. The van der Waals surface area contributed by atoms with Gasteiger partial charge in [-0.2, -0.15) is 0 Å². The van der Waals surface area contributed by atoms with E-state index in [1.807, 2.05) is 37.2 Å². The van der Waals surface area contributed by atoms with Crippen LogP contribution in [0.3, 0.4) is 0 Å². The number of hydrogen-bond donors (Lipinski definition) is 3. The minimum absolute atomic E-state index is 0.127. The van der Waals surface area contributed by atoms with Gasteiger partial charge in [0, 0.05) is 17.8 Å². The van der Waals surface area contributed by atoms with Crippen molar-refractivity contribution in [2.45, 2.75) is 6.04 Å². The molecule has 140 valence electrons. The predicted molar refractivity (Wildman–Crippen MR) is 103 cm³/mol. The minimum Gasteiger partial charge on any atom is -0.350 e. The van der Waals surface area contributed by atoms with Gasteiger partial charge in [-0.3, -0.25) is 19.6 Å². The first-order valence-electron chi connectivity index (χ1n) is 8.18. The third-order valence-corrected chi connectivity index (χ3v) is 4.54. The molecular formula is C18H18ClN5O3. The molecule has 0 radical (unpaired) electrons. The number of aromatic nitrogens is 3. The highest BCUT2D eigenvalue weighted by Crippen LogP contribution is 2.25. The van der Waals surface area contributed by atoms with Gasteiger partial charge in [0.25, 0.3) is 11.5 Å². The van der Waals surface area contributed by atoms with Crippen LogP contribution in [0.4, 0.5) is 0 Å². The molecule has 1 atom stereocenters. The summed E-state index contributed by atoms with van der Waals surface area (Å²) in [5, 5.41) is 3.59. The third kappa shape index (κ3) is 4.07. The summed E-state index contributed by atoms with van der Waals surface area (Å²) in [6, 6.07) is 8.71. The van der Waals surface area contributed by atoms with Crippen LogP contribution in [0.25, 0.3) is 11.0 Å². The highest BCUT2D eigenvalue weighted by molar-refractivity contribution is 6.31. The standard InChI is InChI=1S/C18H18ClN5O3/c1-24(2)14(11-5-3-4-6-13(11)19)9-21-16(25)10-7-12-15(20-8-10)22-18(27)23-17(12)26/h3-8,14H,9H2,1-2H3,(H,21,25)(H2,20,22,23,26,27). The Morgan fingerprint density at radius 3 is 2.70 bits per heavy atom. The van der Waals surface area contributed by atoms with Gasteiger partial charge in [-0.05, 0) is 31.8 Å². The van der Waals surface area contributed by atoms with Gasteiger partial charge in [0.05, 0.1) is 17.0 Å². The number of hydrogen-bond acceptors (Lipinski definition) is 5. The SMILES string of the molecule is CN(C)C(CNC(=O)c1cnc2[nH]c(=O)[nH]c(=O)c2c1)c1ccccc1Cl. The maximum absolute atomic E-state index is 12.5. The number of aromatic amines is 2. The fraction of sp³-hybridized carbons (Fsp3) is 0.222. The first-order chi connectivity index (χ1) is 12.9. The molecule has 0 spiro atoms. The number of likely N-dealkylation sites (N-methyl/N-ethyl adjacent to an activating group) is 1. The number of rotatable bonds is 5. The Labute approximate surface area is 159 Å². The zero-order valence-corrected chi connectivity index (χ0v) is 15.5. The summed E-state index contributed by atoms with van der Waals surface area (Å²) < 4.78 is 0. The Morgan fingerprint density at radius 2 is 2.00 bits per heavy atom. The highest BCUT2D eigenvalue weighted by Gasteiger charge is 2.18. The van der Waals surface area contributed by atoms with Crippen LogP contribution in [0.2, 0.25) is 5.02 Å². The van der Waals surface area contributed by atoms with Crippen LogP contribution in [0.5, 0.6) is 0 Å². The van der Waals surface area contributed by atoms with Crippen molar-refractivity contribution in [3.63, 3.8) is 0 Å². The van der Waals surface area contributed by atoms with Crippen molar-refractivity contribution < 1.29 is 4.79 Å². The van der Waals surface area contributed by atoms with Crippen LogP contribution >= 0.6 is 11.6 Å². The number of benzene rings is 1. The Kier molecular flexibility index (Phi) is 5.38. The highest BCUT2D eigenvalue weighted by atomic mass is 35.5. The summed E-state index contributed by atoms with van der Waals surface area (Å²) >= 11 is 6.27. The van der Waals surface area contributed by atoms with Crippen molar-refractivity contribution in [3.05, 3.63) is 73.5 Å². The lowest BCUT2D eigenvalue weighted by Crippen LogP contribution is -2.35. The zero-order valence-electron chi connectivity index (χ0n) is 14.7. The summed E-state index contributed by atoms with van der Waals surface area (Å²) in [5.74, 6) is -0.381. The number of fused-ring (bicyclic) bond motifs is 1. The lowest BCUT2D eigenvalue weighted by Gasteiger charge is -2.26. The lowest BCUT2D eigenvalue weighted by atomic mass is 10.1. The van der Waals surface area contributed by atoms with Crippen molar-refractivity contribution >= 4 is 28.5 Å². The molecule has 1 unspecified atom stereocenters. The molecule has 3 aromatic rings. The third-order valence-electron chi connectivity index (χ3n) is 4.20. The molecule has 3 N–H and O–H groups in total. The fourth-order valence-corrected chi connectivity index (χ4v) is 3.04. The van der Waals surface area contributed by atoms with Crippen molar-refractivity contribution in [1.82, 2.24) is 25.2 Å². The lowest BCUT2D eigenvalue weighted by molar-refractivity contribution is 0.0941. The fourth-order valence-electron chi connectivity index (χ4n) is 2.78. The van der Waals surface area contributed by atoms with Gasteiger partial charge in [0.1, 0.15) is 5.65 Å². The molecule has 0 fully saturated rings. The Bertz CT molecular complexity index is 1110. The van der Waals surface area contributed by atoms with Crippen LogP contribution in [0.1, 0.15) is 22.0 Å². The van der Waals surface area contributed by atoms with E-state index in [9.17, 15) is 14.4 Å². The van der Waals surface area contributed by atoms with E-state index in [-0.39, 0.29) is 28.5 Å². The van der Waals surface area contributed by atoms with Crippen molar-refractivity contribution in [2.75, 3.05) is 20.6 Å². The van der Waals surface area contributed by atoms with Gasteiger partial charge in [0.2, 0.25) is 0 Å². The van der Waals surface area contributed by atoms with Gasteiger partial charge in [-0.15, -0.1) is 0 Å². The molecule has 8 nitrogen and oxygen atoms in total. The predicted octanol–water partition coefficient (Wildman–Crippen LogP) is 1.30. The zero-order chi connectivity index (χ0) is 19.6. The van der Waals surface area contributed by atoms with Crippen molar-refractivity contribution in [3.8, 4) is 0 Å². The van der Waals surface area contributed by atoms with E-state index in [0.29, 0.717) is 11.6 Å². The van der Waals surface area contributed by atoms with Crippen LogP contribution < -0.4 is 16.6 Å². The van der Waals surface area contributed by atoms with Crippen LogP contribution in [0.15, 0.2) is 46.1 Å². The van der Waals surface area contributed by atoms with E-state index in [1.165, 1.54) is 12.3 Å². The molecule has 0 saturated heterocycles. The number of carbonyl (C=O) groups excluding carboxylic acids is 1. The van der Waals surface area contributed by atoms with Crippen LogP contribution in [0, 0.1) is 0 Å². The number of H-pyrrole nitrogens is 2. The second-order valence-corrected chi connectivity index (χ2v) is 6.65. The molecule has 0 aliphatic carbocycles. The van der Waals surface area contributed by atoms with Crippen molar-refractivity contribution in [1.29, 1.82) is 0 Å². The van der Waals surface area contributed by atoms with Gasteiger partial charge >= 0.3 is 5.69 Å². The number of amides is 1. The summed E-state index contributed by atoms with van der Waals surface area (Å²) in [6.45, 7) is 0.315. The number of nitrogens with zero attached hydrogens (tertiary/aromatic N) is 2. The average molecular weight is 388 g/mol. The van der Waals surface area contributed by atoms with Crippen molar-refractivity contribution in [2.24, 2.45) is 0 Å². The molecule has 3 rings (SSSR count). The van der Waals surface area contributed by atoms with Crippen LogP contribution in [-0.4, -0.2) is 46.4 Å². The molecule has 0 bridgehead atoms. The second kappa shape index (κ2) is 7.73. The summed E-state index contributed by atoms with van der Waals surface area (Å²) in [6.07, 6.45) is 1.31. The maximum Gasteiger partial charge on any atom is 0.327 e. The molecule has 0 saturated carbocycles. The van der Waals surface area contributed by atoms with E-state index in [4.69, 9.17) is 11.6 Å². The first kappa shape index (κ1) is 18.8. The average Bonchev–Trinajstić information content (AvgIpc) is 2.62.